The van der Waals surface area contributed by atoms with Crippen molar-refractivity contribution in [1.82, 2.24) is 5.32 Å². The van der Waals surface area contributed by atoms with Crippen molar-refractivity contribution in [3.63, 3.8) is 0 Å². The van der Waals surface area contributed by atoms with E-state index in [1.54, 1.807) is 5.57 Å². The summed E-state index contributed by atoms with van der Waals surface area (Å²) in [5, 5.41) is 3.64. The molecule has 1 unspecified atom stereocenters. The van der Waals surface area contributed by atoms with Gasteiger partial charge in [-0.15, -0.1) is 0 Å². The van der Waals surface area contributed by atoms with Gasteiger partial charge in [0.05, 0.1) is 0 Å². The van der Waals surface area contributed by atoms with Crippen LogP contribution in [0.3, 0.4) is 0 Å². The molecule has 2 nitrogen and oxygen atoms in total. The Hall–Kier alpha value is -2.06. The largest absolute Gasteiger partial charge is 0.489 e. The van der Waals surface area contributed by atoms with Gasteiger partial charge in [-0.3, -0.25) is 0 Å². The SMILES string of the molecule is CC(NCCC1=CCCCC1)c1ccc(OCc2ccccc2)cc1. The van der Waals surface area contributed by atoms with Crippen LogP contribution >= 0.6 is 0 Å². The second-order valence-corrected chi connectivity index (χ2v) is 6.88. The topological polar surface area (TPSA) is 21.3 Å². The molecule has 0 saturated heterocycles. The fraction of sp³-hybridized carbons (Fsp3) is 0.391. The van der Waals surface area contributed by atoms with E-state index in [0.29, 0.717) is 12.6 Å². The summed E-state index contributed by atoms with van der Waals surface area (Å²) in [4.78, 5) is 0. The van der Waals surface area contributed by atoms with E-state index in [1.165, 1.54) is 43.2 Å². The smallest absolute Gasteiger partial charge is 0.119 e. The molecule has 0 heterocycles. The number of hydrogen-bond acceptors (Lipinski definition) is 2. The number of rotatable bonds is 8. The van der Waals surface area contributed by atoms with Crippen LogP contribution in [0.5, 0.6) is 5.75 Å². The summed E-state index contributed by atoms with van der Waals surface area (Å²) in [6.07, 6.45) is 8.92. The second kappa shape index (κ2) is 9.43. The van der Waals surface area contributed by atoms with Crippen molar-refractivity contribution in [3.05, 3.63) is 77.4 Å². The molecule has 0 aliphatic heterocycles. The Bertz CT molecular complexity index is 660. The third kappa shape index (κ3) is 5.75. The monoisotopic (exact) mass is 335 g/mol. The zero-order valence-electron chi connectivity index (χ0n) is 15.2. The molecule has 132 valence electrons. The lowest BCUT2D eigenvalue weighted by atomic mass is 9.97. The molecule has 0 spiro atoms. The minimum atomic E-state index is 0.368. The minimum Gasteiger partial charge on any atom is -0.489 e. The van der Waals surface area contributed by atoms with Crippen LogP contribution in [0.4, 0.5) is 0 Å². The molecule has 1 aliphatic rings. The summed E-state index contributed by atoms with van der Waals surface area (Å²) in [6.45, 7) is 3.90. The van der Waals surface area contributed by atoms with Crippen LogP contribution in [-0.4, -0.2) is 6.54 Å². The molecule has 1 aliphatic carbocycles. The standard InChI is InChI=1S/C23H29NO/c1-19(24-17-16-20-8-4-2-5-9-20)22-12-14-23(15-13-22)25-18-21-10-6-3-7-11-21/h3,6-8,10-15,19,24H,2,4-5,9,16-18H2,1H3. The highest BCUT2D eigenvalue weighted by Crippen LogP contribution is 2.21. The quantitative estimate of drug-likeness (QED) is 0.615. The van der Waals surface area contributed by atoms with Gasteiger partial charge in [-0.25, -0.2) is 0 Å². The Morgan fingerprint density at radius 3 is 2.52 bits per heavy atom. The second-order valence-electron chi connectivity index (χ2n) is 6.88. The molecule has 2 heteroatoms. The molecular formula is C23H29NO. The first-order valence-electron chi connectivity index (χ1n) is 9.49. The molecular weight excluding hydrogens is 306 g/mol. The van der Waals surface area contributed by atoms with Crippen molar-refractivity contribution in [1.29, 1.82) is 0 Å². The molecule has 1 atom stereocenters. The molecule has 0 aromatic heterocycles. The maximum atomic E-state index is 5.86. The Morgan fingerprint density at radius 2 is 1.80 bits per heavy atom. The average Bonchev–Trinajstić information content (AvgIpc) is 2.68. The summed E-state index contributed by atoms with van der Waals surface area (Å²) in [6, 6.07) is 19.1. The lowest BCUT2D eigenvalue weighted by Gasteiger charge is -2.17. The Balaban J connectivity index is 1.43. The van der Waals surface area contributed by atoms with Crippen LogP contribution in [0.15, 0.2) is 66.2 Å². The summed E-state index contributed by atoms with van der Waals surface area (Å²) in [5.41, 5.74) is 4.14. The fourth-order valence-electron chi connectivity index (χ4n) is 3.29. The lowest BCUT2D eigenvalue weighted by Crippen LogP contribution is -2.20. The molecule has 0 amide bonds. The van der Waals surface area contributed by atoms with Gasteiger partial charge in [0.1, 0.15) is 12.4 Å². The molecule has 0 saturated carbocycles. The molecule has 2 aromatic carbocycles. The molecule has 1 N–H and O–H groups in total. The average molecular weight is 335 g/mol. The van der Waals surface area contributed by atoms with Crippen molar-refractivity contribution in [3.8, 4) is 5.75 Å². The van der Waals surface area contributed by atoms with E-state index in [1.807, 2.05) is 18.2 Å². The van der Waals surface area contributed by atoms with E-state index >= 15 is 0 Å². The van der Waals surface area contributed by atoms with Gasteiger partial charge in [-0.1, -0.05) is 54.1 Å². The van der Waals surface area contributed by atoms with Crippen molar-refractivity contribution >= 4 is 0 Å². The number of benzene rings is 2. The fourth-order valence-corrected chi connectivity index (χ4v) is 3.29. The van der Waals surface area contributed by atoms with Crippen molar-refractivity contribution in [2.45, 2.75) is 51.7 Å². The van der Waals surface area contributed by atoms with Crippen molar-refractivity contribution in [2.24, 2.45) is 0 Å². The van der Waals surface area contributed by atoms with E-state index in [-0.39, 0.29) is 0 Å². The van der Waals surface area contributed by atoms with Gasteiger partial charge in [-0.05, 0) is 68.8 Å². The predicted octanol–water partition coefficient (Wildman–Crippen LogP) is 5.81. The summed E-state index contributed by atoms with van der Waals surface area (Å²) < 4.78 is 5.86. The Morgan fingerprint density at radius 1 is 1.00 bits per heavy atom. The van der Waals surface area contributed by atoms with Crippen LogP contribution in [-0.2, 0) is 6.61 Å². The first-order chi connectivity index (χ1) is 12.3. The first kappa shape index (κ1) is 17.8. The number of ether oxygens (including phenoxy) is 1. The third-order valence-corrected chi connectivity index (χ3v) is 4.91. The van der Waals surface area contributed by atoms with E-state index in [4.69, 9.17) is 4.74 Å². The van der Waals surface area contributed by atoms with Crippen LogP contribution in [0, 0.1) is 0 Å². The van der Waals surface area contributed by atoms with Crippen molar-refractivity contribution in [2.75, 3.05) is 6.54 Å². The number of allylic oxidation sites excluding steroid dienone is 1. The van der Waals surface area contributed by atoms with Crippen LogP contribution in [0.1, 0.15) is 56.2 Å². The molecule has 25 heavy (non-hydrogen) atoms. The minimum absolute atomic E-state index is 0.368. The lowest BCUT2D eigenvalue weighted by molar-refractivity contribution is 0.306. The zero-order chi connectivity index (χ0) is 17.3. The molecule has 3 rings (SSSR count). The van der Waals surface area contributed by atoms with Gasteiger partial charge >= 0.3 is 0 Å². The van der Waals surface area contributed by atoms with Gasteiger partial charge in [0, 0.05) is 6.04 Å². The highest BCUT2D eigenvalue weighted by Gasteiger charge is 2.07. The van der Waals surface area contributed by atoms with Crippen molar-refractivity contribution < 1.29 is 4.74 Å². The number of hydrogen-bond donors (Lipinski definition) is 1. The Kier molecular flexibility index (Phi) is 6.70. The first-order valence-corrected chi connectivity index (χ1v) is 9.49. The van der Waals surface area contributed by atoms with Gasteiger partial charge in [0.15, 0.2) is 0 Å². The zero-order valence-corrected chi connectivity index (χ0v) is 15.2. The van der Waals surface area contributed by atoms with E-state index < -0.39 is 0 Å². The van der Waals surface area contributed by atoms with E-state index in [9.17, 15) is 0 Å². The highest BCUT2D eigenvalue weighted by atomic mass is 16.5. The van der Waals surface area contributed by atoms with Gasteiger partial charge in [0.2, 0.25) is 0 Å². The van der Waals surface area contributed by atoms with Crippen LogP contribution in [0.2, 0.25) is 0 Å². The normalized spacial score (nSPS) is 15.5. The molecule has 2 aromatic rings. The number of nitrogens with one attached hydrogen (secondary N) is 1. The van der Waals surface area contributed by atoms with Gasteiger partial charge in [0.25, 0.3) is 0 Å². The summed E-state index contributed by atoms with van der Waals surface area (Å²) >= 11 is 0. The Labute approximate surface area is 151 Å². The predicted molar refractivity (Wildman–Crippen MR) is 105 cm³/mol. The van der Waals surface area contributed by atoms with Crippen LogP contribution < -0.4 is 10.1 Å². The maximum Gasteiger partial charge on any atom is 0.119 e. The molecule has 0 fully saturated rings. The summed E-state index contributed by atoms with van der Waals surface area (Å²) in [7, 11) is 0. The van der Waals surface area contributed by atoms with Gasteiger partial charge < -0.3 is 10.1 Å². The molecule has 0 bridgehead atoms. The van der Waals surface area contributed by atoms with Gasteiger partial charge in [-0.2, -0.15) is 0 Å². The van der Waals surface area contributed by atoms with Crippen LogP contribution in [0.25, 0.3) is 0 Å². The van der Waals surface area contributed by atoms with E-state index in [2.05, 4.69) is 54.7 Å². The molecule has 0 radical (unpaired) electrons. The highest BCUT2D eigenvalue weighted by molar-refractivity contribution is 5.29. The van der Waals surface area contributed by atoms with E-state index in [0.717, 1.165) is 12.3 Å². The maximum absolute atomic E-state index is 5.86. The third-order valence-electron chi connectivity index (χ3n) is 4.91. The summed E-state index contributed by atoms with van der Waals surface area (Å²) in [5.74, 6) is 0.923.